The molecule has 0 spiro atoms. The summed E-state index contributed by atoms with van der Waals surface area (Å²) in [5.74, 6) is -3.55. The zero-order valence-corrected chi connectivity index (χ0v) is 32.0. The van der Waals surface area contributed by atoms with Crippen LogP contribution in [0.15, 0.2) is 53.4 Å². The first-order valence-electron chi connectivity index (χ1n) is 19.4. The SMILES string of the molecule is CC(C)(C)OC(=O)NC1CC2CCC(C1)N2C(=O)C(NS(=O)(=O)c1ccc(OCC2CCCCC2)cc1)C(F)(F)c1ccc(OC2CCCCC2)cc1. The Labute approximate surface area is 312 Å². The van der Waals surface area contributed by atoms with Gasteiger partial charge in [-0.25, -0.2) is 13.2 Å². The van der Waals surface area contributed by atoms with Crippen LogP contribution in [0.25, 0.3) is 0 Å². The van der Waals surface area contributed by atoms with E-state index in [1.54, 1.807) is 20.8 Å². The van der Waals surface area contributed by atoms with Crippen LogP contribution in [0.5, 0.6) is 11.5 Å². The first-order chi connectivity index (χ1) is 25.2. The molecule has 0 radical (unpaired) electrons. The minimum absolute atomic E-state index is 0.0171. The lowest BCUT2D eigenvalue weighted by atomic mass is 9.90. The Kier molecular flexibility index (Phi) is 12.2. The average molecular weight is 760 g/mol. The third-order valence-electron chi connectivity index (χ3n) is 11.0. The van der Waals surface area contributed by atoms with Crippen LogP contribution >= 0.6 is 0 Å². The Bertz CT molecular complexity index is 1640. The summed E-state index contributed by atoms with van der Waals surface area (Å²) in [6.07, 6.45) is 12.0. The molecule has 4 fully saturated rings. The number of nitrogens with one attached hydrogen (secondary N) is 2. The topological polar surface area (TPSA) is 123 Å². The Morgan fingerprint density at radius 1 is 0.811 bits per heavy atom. The lowest BCUT2D eigenvalue weighted by Gasteiger charge is -2.42. The van der Waals surface area contributed by atoms with Gasteiger partial charge < -0.3 is 24.4 Å². The fraction of sp³-hybridized carbons (Fsp3) is 0.650. The highest BCUT2D eigenvalue weighted by atomic mass is 32.2. The van der Waals surface area contributed by atoms with Gasteiger partial charge >= 0.3 is 6.09 Å². The number of hydrogen-bond acceptors (Lipinski definition) is 7. The van der Waals surface area contributed by atoms with E-state index in [0.717, 1.165) is 44.9 Å². The number of alkyl carbamates (subject to hydrolysis) is 1. The summed E-state index contributed by atoms with van der Waals surface area (Å²) in [6, 6.07) is 7.30. The number of fused-ring (bicyclic) bond motifs is 2. The molecule has 2 aliphatic carbocycles. The average Bonchev–Trinajstić information content (AvgIpc) is 3.39. The molecule has 0 aromatic heterocycles. The van der Waals surface area contributed by atoms with Crippen molar-refractivity contribution in [2.45, 2.75) is 157 Å². The Morgan fingerprint density at radius 3 is 1.96 bits per heavy atom. The molecule has 3 atom stereocenters. The van der Waals surface area contributed by atoms with E-state index >= 15 is 8.78 Å². The molecule has 2 saturated carbocycles. The largest absolute Gasteiger partial charge is 0.493 e. The summed E-state index contributed by atoms with van der Waals surface area (Å²) in [4.78, 5) is 28.1. The first kappa shape index (κ1) is 39.2. The summed E-state index contributed by atoms with van der Waals surface area (Å²) in [5, 5.41) is 2.87. The van der Waals surface area contributed by atoms with Crippen molar-refractivity contribution < 1.29 is 41.0 Å². The number of nitrogens with zero attached hydrogens (tertiary/aromatic N) is 1. The molecule has 2 N–H and O–H groups in total. The van der Waals surface area contributed by atoms with Crippen LogP contribution in [0.4, 0.5) is 13.6 Å². The molecule has 10 nitrogen and oxygen atoms in total. The van der Waals surface area contributed by atoms with E-state index < -0.39 is 57.2 Å². The summed E-state index contributed by atoms with van der Waals surface area (Å²) in [6.45, 7) is 5.81. The van der Waals surface area contributed by atoms with Crippen molar-refractivity contribution in [3.8, 4) is 11.5 Å². The Hall–Kier alpha value is -3.45. The Morgan fingerprint density at radius 2 is 1.38 bits per heavy atom. The molecule has 53 heavy (non-hydrogen) atoms. The summed E-state index contributed by atoms with van der Waals surface area (Å²) in [7, 11) is -4.60. The monoisotopic (exact) mass is 759 g/mol. The van der Waals surface area contributed by atoms with Gasteiger partial charge in [-0.2, -0.15) is 13.5 Å². The fourth-order valence-corrected chi connectivity index (χ4v) is 9.55. The molecule has 13 heteroatoms. The number of piperidine rings is 1. The van der Waals surface area contributed by atoms with Crippen LogP contribution in [-0.2, 0) is 25.5 Å². The molecule has 2 amide bonds. The quantitative estimate of drug-likeness (QED) is 0.226. The van der Waals surface area contributed by atoms with E-state index in [2.05, 4.69) is 10.0 Å². The number of carbonyl (C=O) groups excluding carboxylic acids is 2. The van der Waals surface area contributed by atoms with Crippen LogP contribution in [0.3, 0.4) is 0 Å². The molecule has 2 aliphatic heterocycles. The van der Waals surface area contributed by atoms with Crippen molar-refractivity contribution in [1.29, 1.82) is 0 Å². The highest BCUT2D eigenvalue weighted by Gasteiger charge is 2.54. The predicted octanol–water partition coefficient (Wildman–Crippen LogP) is 7.84. The minimum Gasteiger partial charge on any atom is -0.493 e. The summed E-state index contributed by atoms with van der Waals surface area (Å²) in [5.41, 5.74) is -1.20. The van der Waals surface area contributed by atoms with Gasteiger partial charge in [-0.15, -0.1) is 0 Å². The number of benzene rings is 2. The fourth-order valence-electron chi connectivity index (χ4n) is 8.36. The van der Waals surface area contributed by atoms with Crippen molar-refractivity contribution in [2.24, 2.45) is 5.92 Å². The van der Waals surface area contributed by atoms with Crippen molar-refractivity contribution in [3.63, 3.8) is 0 Å². The Balaban J connectivity index is 1.21. The molecule has 292 valence electrons. The highest BCUT2D eigenvalue weighted by Crippen LogP contribution is 2.41. The van der Waals surface area contributed by atoms with Crippen LogP contribution in [0.2, 0.25) is 0 Å². The number of halogens is 2. The van der Waals surface area contributed by atoms with Crippen LogP contribution in [0.1, 0.15) is 116 Å². The van der Waals surface area contributed by atoms with Gasteiger partial charge in [-0.3, -0.25) is 4.79 Å². The van der Waals surface area contributed by atoms with Gasteiger partial charge in [0.25, 0.3) is 5.92 Å². The predicted molar refractivity (Wildman–Crippen MR) is 197 cm³/mol. The van der Waals surface area contributed by atoms with E-state index in [0.29, 0.717) is 49.7 Å². The molecule has 3 unspecified atom stereocenters. The normalized spacial score (nSPS) is 23.6. The molecule has 2 saturated heterocycles. The van der Waals surface area contributed by atoms with Crippen molar-refractivity contribution in [1.82, 2.24) is 14.9 Å². The molecule has 6 rings (SSSR count). The van der Waals surface area contributed by atoms with Gasteiger partial charge in [0.1, 0.15) is 17.1 Å². The van der Waals surface area contributed by atoms with E-state index in [1.807, 2.05) is 0 Å². The zero-order chi connectivity index (χ0) is 37.8. The molecular weight excluding hydrogens is 705 g/mol. The number of amides is 2. The number of hydrogen-bond donors (Lipinski definition) is 2. The van der Waals surface area contributed by atoms with Gasteiger partial charge in [-0.05, 0) is 139 Å². The second kappa shape index (κ2) is 16.5. The maximum atomic E-state index is 16.8. The molecular formula is C40H55F2N3O7S. The highest BCUT2D eigenvalue weighted by molar-refractivity contribution is 7.89. The van der Waals surface area contributed by atoms with Gasteiger partial charge in [-0.1, -0.05) is 25.7 Å². The van der Waals surface area contributed by atoms with Crippen LogP contribution in [0, 0.1) is 5.92 Å². The van der Waals surface area contributed by atoms with Crippen molar-refractivity contribution in [2.75, 3.05) is 6.61 Å². The standard InChI is InChI=1S/C40H55F2N3O7S/c1-39(2,3)52-38(47)43-29-24-30-16-17-31(25-29)45(30)37(46)36(40(41,42)28-14-18-34(19-15-28)51-33-12-8-5-9-13-33)44-53(48,49)35-22-20-32(21-23-35)50-26-27-10-6-4-7-11-27/h14-15,18-23,27,29-31,33,36,44H,4-13,16-17,24-26H2,1-3H3,(H,43,47). The maximum absolute atomic E-state index is 16.8. The van der Waals surface area contributed by atoms with E-state index in [9.17, 15) is 18.0 Å². The lowest BCUT2D eigenvalue weighted by molar-refractivity contribution is -0.149. The number of sulfonamides is 1. The number of carbonyl (C=O) groups is 2. The second-order valence-corrected chi connectivity index (χ2v) is 18.0. The smallest absolute Gasteiger partial charge is 0.407 e. The number of rotatable bonds is 12. The third kappa shape index (κ3) is 10.0. The van der Waals surface area contributed by atoms with Crippen molar-refractivity contribution in [3.05, 3.63) is 54.1 Å². The molecule has 2 heterocycles. The molecule has 4 aliphatic rings. The minimum atomic E-state index is -4.60. The van der Waals surface area contributed by atoms with Gasteiger partial charge in [0.15, 0.2) is 6.04 Å². The van der Waals surface area contributed by atoms with Gasteiger partial charge in [0, 0.05) is 23.7 Å². The van der Waals surface area contributed by atoms with E-state index in [1.165, 1.54) is 72.7 Å². The molecule has 2 aromatic carbocycles. The molecule has 2 bridgehead atoms. The van der Waals surface area contributed by atoms with E-state index in [-0.39, 0.29) is 17.0 Å². The van der Waals surface area contributed by atoms with Crippen molar-refractivity contribution >= 4 is 22.0 Å². The maximum Gasteiger partial charge on any atom is 0.407 e. The summed E-state index contributed by atoms with van der Waals surface area (Å²) >= 11 is 0. The number of ether oxygens (including phenoxy) is 3. The van der Waals surface area contributed by atoms with Gasteiger partial charge in [0.05, 0.1) is 17.6 Å². The zero-order valence-electron chi connectivity index (χ0n) is 31.2. The van der Waals surface area contributed by atoms with Crippen LogP contribution < -0.4 is 19.5 Å². The molecule has 2 aromatic rings. The summed E-state index contributed by atoms with van der Waals surface area (Å²) < 4.78 is 80.7. The van der Waals surface area contributed by atoms with E-state index in [4.69, 9.17) is 14.2 Å². The number of alkyl halides is 2. The van der Waals surface area contributed by atoms with Crippen LogP contribution in [-0.4, -0.2) is 67.8 Å². The lowest BCUT2D eigenvalue weighted by Crippen LogP contribution is -2.61. The van der Waals surface area contributed by atoms with Gasteiger partial charge in [0.2, 0.25) is 15.9 Å². The third-order valence-corrected chi connectivity index (χ3v) is 12.5. The second-order valence-electron chi connectivity index (χ2n) is 16.3. The first-order valence-corrected chi connectivity index (χ1v) is 20.9.